The topological polar surface area (TPSA) is 55.8 Å². The number of aliphatic hydroxyl groups is 1. The van der Waals surface area contributed by atoms with Crippen molar-refractivity contribution in [2.24, 2.45) is 0 Å². The van der Waals surface area contributed by atoms with Gasteiger partial charge in [-0.15, -0.1) is 0 Å². The fourth-order valence-electron chi connectivity index (χ4n) is 1.71. The van der Waals surface area contributed by atoms with Crippen LogP contribution < -0.4 is 9.47 Å². The highest BCUT2D eigenvalue weighted by atomic mass is 16.5. The molecular weight excluding hydrogens is 244 g/mol. The van der Waals surface area contributed by atoms with Crippen molar-refractivity contribution < 1.29 is 19.4 Å². The summed E-state index contributed by atoms with van der Waals surface area (Å²) in [7, 11) is 0. The average molecular weight is 266 g/mol. The van der Waals surface area contributed by atoms with Gasteiger partial charge in [0.15, 0.2) is 17.8 Å². The molecular formula is C15H22O4. The van der Waals surface area contributed by atoms with Crippen LogP contribution in [0.4, 0.5) is 0 Å². The first-order chi connectivity index (χ1) is 9.10. The highest BCUT2D eigenvalue weighted by Crippen LogP contribution is 2.31. The first-order valence-corrected chi connectivity index (χ1v) is 6.66. The predicted octanol–water partition coefficient (Wildman–Crippen LogP) is 2.83. The van der Waals surface area contributed by atoms with Crippen LogP contribution in [0.1, 0.15) is 44.0 Å². The number of benzene rings is 1. The Morgan fingerprint density at radius 2 is 1.89 bits per heavy atom. The number of ether oxygens (including phenoxy) is 2. The highest BCUT2D eigenvalue weighted by molar-refractivity contribution is 5.81. The molecule has 0 amide bonds. The van der Waals surface area contributed by atoms with Crippen molar-refractivity contribution in [1.82, 2.24) is 0 Å². The van der Waals surface area contributed by atoms with Crippen molar-refractivity contribution in [3.05, 3.63) is 23.8 Å². The van der Waals surface area contributed by atoms with E-state index >= 15 is 0 Å². The van der Waals surface area contributed by atoms with Gasteiger partial charge >= 0.3 is 0 Å². The maximum Gasteiger partial charge on any atom is 0.171 e. The average Bonchev–Trinajstić information content (AvgIpc) is 2.45. The molecule has 4 heteroatoms. The van der Waals surface area contributed by atoms with Gasteiger partial charge in [-0.2, -0.15) is 0 Å². The monoisotopic (exact) mass is 266 g/mol. The lowest BCUT2D eigenvalue weighted by molar-refractivity contribution is -0.0122. The van der Waals surface area contributed by atoms with Gasteiger partial charge in [0.1, 0.15) is 6.61 Å². The van der Waals surface area contributed by atoms with Crippen LogP contribution in [-0.4, -0.2) is 30.2 Å². The minimum Gasteiger partial charge on any atom is -0.490 e. The van der Waals surface area contributed by atoms with Gasteiger partial charge < -0.3 is 14.6 Å². The highest BCUT2D eigenvalue weighted by Gasteiger charge is 2.24. The predicted molar refractivity (Wildman–Crippen MR) is 74.0 cm³/mol. The molecule has 0 saturated heterocycles. The van der Waals surface area contributed by atoms with Crippen molar-refractivity contribution in [2.75, 3.05) is 13.2 Å². The van der Waals surface area contributed by atoms with Crippen LogP contribution >= 0.6 is 0 Å². The molecule has 0 aliphatic heterocycles. The summed E-state index contributed by atoms with van der Waals surface area (Å²) in [5.41, 5.74) is -0.444. The van der Waals surface area contributed by atoms with Gasteiger partial charge in [0.2, 0.25) is 0 Å². The fraction of sp³-hybridized carbons (Fsp3) is 0.533. The van der Waals surface area contributed by atoms with E-state index in [9.17, 15) is 9.90 Å². The van der Waals surface area contributed by atoms with E-state index in [4.69, 9.17) is 9.47 Å². The Kier molecular flexibility index (Phi) is 5.83. The van der Waals surface area contributed by atoms with E-state index in [1.807, 2.05) is 20.8 Å². The molecule has 0 aromatic heterocycles. The Balaban J connectivity index is 2.94. The standard InChI is InChI=1S/C15H22O4/c1-4-15(17,5-2)11-19-14-12(10-16)8-7-9-13(14)18-6-3/h7-10,17H,4-6,11H2,1-3H3. The van der Waals surface area contributed by atoms with E-state index in [0.29, 0.717) is 36.5 Å². The molecule has 0 unspecified atom stereocenters. The molecule has 0 saturated carbocycles. The van der Waals surface area contributed by atoms with Crippen molar-refractivity contribution in [2.45, 2.75) is 39.2 Å². The molecule has 1 rings (SSSR count). The van der Waals surface area contributed by atoms with E-state index in [1.165, 1.54) is 0 Å². The summed E-state index contributed by atoms with van der Waals surface area (Å²) in [5.74, 6) is 0.932. The third kappa shape index (κ3) is 3.96. The van der Waals surface area contributed by atoms with Crippen molar-refractivity contribution in [1.29, 1.82) is 0 Å². The van der Waals surface area contributed by atoms with Gasteiger partial charge in [0.05, 0.1) is 17.8 Å². The second-order valence-electron chi connectivity index (χ2n) is 4.45. The van der Waals surface area contributed by atoms with Crippen LogP contribution in [0.2, 0.25) is 0 Å². The summed E-state index contributed by atoms with van der Waals surface area (Å²) in [5, 5.41) is 10.2. The summed E-state index contributed by atoms with van der Waals surface area (Å²) < 4.78 is 11.1. The molecule has 0 aliphatic carbocycles. The van der Waals surface area contributed by atoms with E-state index in [-0.39, 0.29) is 6.61 Å². The second-order valence-corrected chi connectivity index (χ2v) is 4.45. The Hall–Kier alpha value is -1.55. The number of carbonyl (C=O) groups excluding carboxylic acids is 1. The van der Waals surface area contributed by atoms with Crippen molar-refractivity contribution >= 4 is 6.29 Å². The third-order valence-corrected chi connectivity index (χ3v) is 3.24. The molecule has 1 aromatic carbocycles. The van der Waals surface area contributed by atoms with Crippen LogP contribution in [0.3, 0.4) is 0 Å². The first-order valence-electron chi connectivity index (χ1n) is 6.66. The molecule has 1 N–H and O–H groups in total. The number of aldehydes is 1. The van der Waals surface area contributed by atoms with Crippen LogP contribution in [-0.2, 0) is 0 Å². The summed E-state index contributed by atoms with van der Waals surface area (Å²) in [6, 6.07) is 5.16. The van der Waals surface area contributed by atoms with Gasteiger partial charge in [-0.25, -0.2) is 0 Å². The number of hydrogen-bond donors (Lipinski definition) is 1. The van der Waals surface area contributed by atoms with E-state index in [2.05, 4.69) is 0 Å². The summed E-state index contributed by atoms with van der Waals surface area (Å²) in [4.78, 5) is 11.0. The van der Waals surface area contributed by atoms with Crippen LogP contribution in [0.15, 0.2) is 18.2 Å². The molecule has 106 valence electrons. The number of hydrogen-bond acceptors (Lipinski definition) is 4. The number of para-hydroxylation sites is 1. The zero-order valence-electron chi connectivity index (χ0n) is 11.8. The Bertz CT molecular complexity index is 411. The molecule has 0 radical (unpaired) electrons. The molecule has 0 spiro atoms. The van der Waals surface area contributed by atoms with Crippen LogP contribution in [0, 0.1) is 0 Å². The minimum atomic E-state index is -0.876. The smallest absolute Gasteiger partial charge is 0.171 e. The Morgan fingerprint density at radius 3 is 2.42 bits per heavy atom. The zero-order chi connectivity index (χ0) is 14.3. The lowest BCUT2D eigenvalue weighted by Crippen LogP contribution is -2.34. The quantitative estimate of drug-likeness (QED) is 0.735. The van der Waals surface area contributed by atoms with Crippen LogP contribution in [0.5, 0.6) is 11.5 Å². The summed E-state index contributed by atoms with van der Waals surface area (Å²) in [6.07, 6.45) is 1.92. The Labute approximate surface area is 114 Å². The SMILES string of the molecule is CCOc1cccc(C=O)c1OCC(O)(CC)CC. The molecule has 19 heavy (non-hydrogen) atoms. The molecule has 0 fully saturated rings. The van der Waals surface area contributed by atoms with Gasteiger partial charge in [0.25, 0.3) is 0 Å². The van der Waals surface area contributed by atoms with Crippen LogP contribution in [0.25, 0.3) is 0 Å². The number of rotatable bonds is 8. The lowest BCUT2D eigenvalue weighted by Gasteiger charge is -2.26. The third-order valence-electron chi connectivity index (χ3n) is 3.24. The van der Waals surface area contributed by atoms with Gasteiger partial charge in [0, 0.05) is 0 Å². The summed E-state index contributed by atoms with van der Waals surface area (Å²) in [6.45, 7) is 6.31. The molecule has 0 heterocycles. The van der Waals surface area contributed by atoms with Gasteiger partial charge in [-0.05, 0) is 31.9 Å². The number of carbonyl (C=O) groups is 1. The van der Waals surface area contributed by atoms with Crippen molar-refractivity contribution in [3.8, 4) is 11.5 Å². The lowest BCUT2D eigenvalue weighted by atomic mass is 9.99. The minimum absolute atomic E-state index is 0.144. The van der Waals surface area contributed by atoms with E-state index in [1.54, 1.807) is 18.2 Å². The van der Waals surface area contributed by atoms with Gasteiger partial charge in [-0.1, -0.05) is 19.9 Å². The molecule has 0 bridgehead atoms. The zero-order valence-corrected chi connectivity index (χ0v) is 11.8. The summed E-state index contributed by atoms with van der Waals surface area (Å²) >= 11 is 0. The van der Waals surface area contributed by atoms with Gasteiger partial charge in [-0.3, -0.25) is 4.79 Å². The molecule has 0 aliphatic rings. The fourth-order valence-corrected chi connectivity index (χ4v) is 1.71. The maximum atomic E-state index is 11.0. The largest absolute Gasteiger partial charge is 0.490 e. The van der Waals surface area contributed by atoms with E-state index in [0.717, 1.165) is 6.29 Å². The second kappa shape index (κ2) is 7.14. The molecule has 1 aromatic rings. The molecule has 4 nitrogen and oxygen atoms in total. The van der Waals surface area contributed by atoms with Crippen molar-refractivity contribution in [3.63, 3.8) is 0 Å². The normalized spacial score (nSPS) is 11.2. The first kappa shape index (κ1) is 15.5. The van der Waals surface area contributed by atoms with E-state index < -0.39 is 5.60 Å². The molecule has 0 atom stereocenters. The maximum absolute atomic E-state index is 11.0. The Morgan fingerprint density at radius 1 is 1.21 bits per heavy atom.